The van der Waals surface area contributed by atoms with Crippen LogP contribution in [0.15, 0.2) is 54.7 Å². The summed E-state index contributed by atoms with van der Waals surface area (Å²) in [6, 6.07) is 16.0. The van der Waals surface area contributed by atoms with Crippen LogP contribution in [0.3, 0.4) is 0 Å². The van der Waals surface area contributed by atoms with Crippen molar-refractivity contribution in [2.45, 2.75) is 6.54 Å². The first-order valence-electron chi connectivity index (χ1n) is 9.08. The van der Waals surface area contributed by atoms with Crippen molar-refractivity contribution in [1.29, 1.82) is 0 Å². The largest absolute Gasteiger partial charge is 0.369 e. The molecule has 1 aliphatic heterocycles. The lowest BCUT2D eigenvalue weighted by atomic mass is 10.1. The van der Waals surface area contributed by atoms with Crippen LogP contribution in [0.25, 0.3) is 10.9 Å². The van der Waals surface area contributed by atoms with Crippen molar-refractivity contribution in [2.24, 2.45) is 0 Å². The molecule has 2 aromatic carbocycles. The van der Waals surface area contributed by atoms with Gasteiger partial charge in [0.25, 0.3) is 0 Å². The zero-order valence-electron chi connectivity index (χ0n) is 15.4. The lowest BCUT2D eigenvalue weighted by Gasteiger charge is -2.36. The smallest absolute Gasteiger partial charge is 0.229 e. The second kappa shape index (κ2) is 7.25. The van der Waals surface area contributed by atoms with E-state index in [4.69, 9.17) is 0 Å². The molecule has 0 saturated carbocycles. The summed E-state index contributed by atoms with van der Waals surface area (Å²) in [6.07, 6.45) is 3.28. The van der Waals surface area contributed by atoms with Crippen LogP contribution in [0.4, 0.5) is 11.4 Å². The fourth-order valence-electron chi connectivity index (χ4n) is 3.65. The van der Waals surface area contributed by atoms with Crippen LogP contribution in [0.2, 0.25) is 0 Å². The molecule has 142 valence electrons. The van der Waals surface area contributed by atoms with E-state index in [0.717, 1.165) is 38.4 Å². The molecule has 6 nitrogen and oxygen atoms in total. The number of hydrogen-bond acceptors (Lipinski definition) is 4. The Kier molecular flexibility index (Phi) is 4.80. The van der Waals surface area contributed by atoms with Gasteiger partial charge >= 0.3 is 0 Å². The average molecular weight is 385 g/mol. The van der Waals surface area contributed by atoms with Gasteiger partial charge in [-0.05, 0) is 29.8 Å². The number of sulfonamides is 1. The summed E-state index contributed by atoms with van der Waals surface area (Å²) in [5, 5.41) is 1.29. The molecule has 1 fully saturated rings. The number of hydrogen-bond donors (Lipinski definition) is 2. The molecule has 0 aliphatic carbocycles. The molecular weight excluding hydrogens is 360 g/mol. The van der Waals surface area contributed by atoms with Crippen LogP contribution in [0, 0.1) is 0 Å². The summed E-state index contributed by atoms with van der Waals surface area (Å²) in [6.45, 7) is 4.73. The van der Waals surface area contributed by atoms with Gasteiger partial charge < -0.3 is 9.88 Å². The minimum absolute atomic E-state index is 0.608. The minimum atomic E-state index is -3.26. The molecule has 4 rings (SSSR count). The third-order valence-corrected chi connectivity index (χ3v) is 5.56. The molecule has 0 spiro atoms. The van der Waals surface area contributed by atoms with Gasteiger partial charge in [0.1, 0.15) is 0 Å². The maximum Gasteiger partial charge on any atom is 0.229 e. The Morgan fingerprint density at radius 3 is 2.59 bits per heavy atom. The number of fused-ring (bicyclic) bond motifs is 1. The molecule has 1 aromatic heterocycles. The Morgan fingerprint density at radius 2 is 1.81 bits per heavy atom. The van der Waals surface area contributed by atoms with Crippen LogP contribution in [-0.4, -0.2) is 50.7 Å². The van der Waals surface area contributed by atoms with Crippen molar-refractivity contribution < 1.29 is 8.42 Å². The lowest BCUT2D eigenvalue weighted by molar-refractivity contribution is 0.250. The second-order valence-electron chi connectivity index (χ2n) is 7.05. The normalized spacial score (nSPS) is 16.0. The first-order chi connectivity index (χ1) is 13.0. The van der Waals surface area contributed by atoms with Crippen molar-refractivity contribution in [3.63, 3.8) is 0 Å². The van der Waals surface area contributed by atoms with Gasteiger partial charge in [-0.25, -0.2) is 8.42 Å². The molecule has 1 saturated heterocycles. The fraction of sp³-hybridized carbons (Fsp3) is 0.300. The van der Waals surface area contributed by atoms with E-state index >= 15 is 0 Å². The number of aromatic nitrogens is 1. The summed E-state index contributed by atoms with van der Waals surface area (Å²) in [7, 11) is -3.26. The summed E-state index contributed by atoms with van der Waals surface area (Å²) in [5.41, 5.74) is 4.17. The van der Waals surface area contributed by atoms with Crippen LogP contribution in [0.1, 0.15) is 5.56 Å². The minimum Gasteiger partial charge on any atom is -0.369 e. The van der Waals surface area contributed by atoms with Gasteiger partial charge in [-0.15, -0.1) is 0 Å². The van der Waals surface area contributed by atoms with Crippen molar-refractivity contribution in [1.82, 2.24) is 9.88 Å². The van der Waals surface area contributed by atoms with E-state index in [2.05, 4.69) is 43.9 Å². The highest BCUT2D eigenvalue weighted by molar-refractivity contribution is 7.92. The molecule has 3 aromatic rings. The zero-order valence-corrected chi connectivity index (χ0v) is 16.2. The average Bonchev–Trinajstić information content (AvgIpc) is 3.04. The van der Waals surface area contributed by atoms with E-state index < -0.39 is 10.0 Å². The highest BCUT2D eigenvalue weighted by atomic mass is 32.2. The van der Waals surface area contributed by atoms with Gasteiger partial charge in [0, 0.05) is 55.5 Å². The molecule has 0 atom stereocenters. The van der Waals surface area contributed by atoms with Crippen LogP contribution < -0.4 is 9.62 Å². The quantitative estimate of drug-likeness (QED) is 0.710. The van der Waals surface area contributed by atoms with Crippen LogP contribution in [0.5, 0.6) is 0 Å². The highest BCUT2D eigenvalue weighted by Crippen LogP contribution is 2.23. The maximum atomic E-state index is 11.4. The summed E-state index contributed by atoms with van der Waals surface area (Å²) in [4.78, 5) is 8.11. The molecule has 0 radical (unpaired) electrons. The lowest BCUT2D eigenvalue weighted by Crippen LogP contribution is -2.45. The van der Waals surface area contributed by atoms with Gasteiger partial charge in [-0.2, -0.15) is 0 Å². The fourth-order valence-corrected chi connectivity index (χ4v) is 4.20. The molecule has 7 heteroatoms. The van der Waals surface area contributed by atoms with E-state index in [0.29, 0.717) is 5.69 Å². The number of anilines is 2. The Balaban J connectivity index is 1.40. The van der Waals surface area contributed by atoms with Crippen LogP contribution in [-0.2, 0) is 16.6 Å². The third-order valence-electron chi connectivity index (χ3n) is 4.96. The predicted octanol–water partition coefficient (Wildman–Crippen LogP) is 2.86. The van der Waals surface area contributed by atoms with Gasteiger partial charge in [0.05, 0.1) is 11.9 Å². The van der Waals surface area contributed by atoms with E-state index in [1.807, 2.05) is 24.3 Å². The number of nitrogens with one attached hydrogen (secondary N) is 2. The van der Waals surface area contributed by atoms with Crippen molar-refractivity contribution in [3.8, 4) is 0 Å². The number of para-hydroxylation sites is 1. The molecule has 0 unspecified atom stereocenters. The Hall–Kier alpha value is -2.51. The Bertz CT molecular complexity index is 1040. The summed E-state index contributed by atoms with van der Waals surface area (Å²) >= 11 is 0. The molecule has 2 N–H and O–H groups in total. The first-order valence-corrected chi connectivity index (χ1v) is 11.0. The van der Waals surface area contributed by atoms with E-state index in [1.54, 1.807) is 6.07 Å². The molecule has 0 amide bonds. The van der Waals surface area contributed by atoms with Gasteiger partial charge in [-0.1, -0.05) is 24.3 Å². The Labute approximate surface area is 159 Å². The number of piperazine rings is 1. The second-order valence-corrected chi connectivity index (χ2v) is 8.80. The van der Waals surface area contributed by atoms with E-state index in [-0.39, 0.29) is 0 Å². The highest BCUT2D eigenvalue weighted by Gasteiger charge is 2.18. The SMILES string of the molecule is CS(=O)(=O)Nc1cccc(N2CCN(Cc3c[nH]c4ccccc34)CC2)c1. The zero-order chi connectivity index (χ0) is 18.9. The third kappa shape index (κ3) is 4.26. The van der Waals surface area contributed by atoms with E-state index in [9.17, 15) is 8.42 Å². The molecular formula is C20H24N4O2S. The van der Waals surface area contributed by atoms with Crippen molar-refractivity contribution in [3.05, 3.63) is 60.3 Å². The topological polar surface area (TPSA) is 68.4 Å². The molecule has 27 heavy (non-hydrogen) atoms. The predicted molar refractivity (Wildman–Crippen MR) is 111 cm³/mol. The number of benzene rings is 2. The number of rotatable bonds is 5. The maximum absolute atomic E-state index is 11.4. The van der Waals surface area contributed by atoms with Crippen LogP contribution >= 0.6 is 0 Å². The van der Waals surface area contributed by atoms with E-state index in [1.165, 1.54) is 22.7 Å². The molecule has 1 aliphatic rings. The standard InChI is InChI=1S/C20H24N4O2S/c1-27(25,26)22-17-5-4-6-18(13-17)24-11-9-23(10-12-24)15-16-14-21-20-8-3-2-7-19(16)20/h2-8,13-14,21-22H,9-12,15H2,1H3. The summed E-state index contributed by atoms with van der Waals surface area (Å²) in [5.74, 6) is 0. The number of aromatic amines is 1. The van der Waals surface area contributed by atoms with Crippen molar-refractivity contribution >= 4 is 32.3 Å². The first kappa shape index (κ1) is 17.9. The molecule has 2 heterocycles. The van der Waals surface area contributed by atoms with Gasteiger partial charge in [0.15, 0.2) is 0 Å². The number of nitrogens with zero attached hydrogens (tertiary/aromatic N) is 2. The van der Waals surface area contributed by atoms with Gasteiger partial charge in [0.2, 0.25) is 10.0 Å². The number of H-pyrrole nitrogens is 1. The monoisotopic (exact) mass is 384 g/mol. The van der Waals surface area contributed by atoms with Crippen molar-refractivity contribution in [2.75, 3.05) is 42.1 Å². The van der Waals surface area contributed by atoms with Gasteiger partial charge in [-0.3, -0.25) is 9.62 Å². The summed E-state index contributed by atoms with van der Waals surface area (Å²) < 4.78 is 25.4. The Morgan fingerprint density at radius 1 is 1.04 bits per heavy atom. The molecule has 0 bridgehead atoms.